The Labute approximate surface area is 147 Å². The van der Waals surface area contributed by atoms with Crippen molar-refractivity contribution in [2.75, 3.05) is 19.7 Å². The van der Waals surface area contributed by atoms with Crippen LogP contribution in [0.3, 0.4) is 0 Å². The molecule has 140 valence electrons. The van der Waals surface area contributed by atoms with E-state index in [1.54, 1.807) is 11.8 Å². The first-order valence-corrected chi connectivity index (χ1v) is 8.22. The van der Waals surface area contributed by atoms with Gasteiger partial charge in [-0.2, -0.15) is 13.2 Å². The summed E-state index contributed by atoms with van der Waals surface area (Å²) in [7, 11) is 0. The van der Waals surface area contributed by atoms with Gasteiger partial charge in [0.2, 0.25) is 5.88 Å². The molecule has 2 aromatic rings. The largest absolute Gasteiger partial charge is 0.477 e. The molecule has 1 atom stereocenters. The van der Waals surface area contributed by atoms with Gasteiger partial charge < -0.3 is 14.2 Å². The first kappa shape index (κ1) is 18.2. The van der Waals surface area contributed by atoms with E-state index in [2.05, 4.69) is 10.1 Å². The molecule has 0 N–H and O–H groups in total. The van der Waals surface area contributed by atoms with Gasteiger partial charge in [-0.1, -0.05) is 5.16 Å². The Bertz CT molecular complexity index is 776. The summed E-state index contributed by atoms with van der Waals surface area (Å²) >= 11 is 0. The van der Waals surface area contributed by atoms with Crippen molar-refractivity contribution < 1.29 is 27.2 Å². The summed E-state index contributed by atoms with van der Waals surface area (Å²) in [5.41, 5.74) is -0.500. The minimum atomic E-state index is -4.52. The summed E-state index contributed by atoms with van der Waals surface area (Å²) in [6.45, 7) is 2.70. The number of halogens is 3. The van der Waals surface area contributed by atoms with E-state index in [0.717, 1.165) is 18.9 Å². The predicted molar refractivity (Wildman–Crippen MR) is 84.6 cm³/mol. The summed E-state index contributed by atoms with van der Waals surface area (Å²) in [5, 5.41) is 3.60. The zero-order valence-electron chi connectivity index (χ0n) is 14.1. The Morgan fingerprint density at radius 3 is 2.96 bits per heavy atom. The summed E-state index contributed by atoms with van der Waals surface area (Å²) in [5.74, 6) is -0.256. The Morgan fingerprint density at radius 2 is 2.27 bits per heavy atom. The molecule has 0 bridgehead atoms. The first-order valence-electron chi connectivity index (χ1n) is 8.22. The number of alkyl halides is 3. The van der Waals surface area contributed by atoms with Crippen molar-refractivity contribution in [1.82, 2.24) is 15.0 Å². The molecular formula is C17H18F3N3O3. The lowest BCUT2D eigenvalue weighted by atomic mass is 9.98. The van der Waals surface area contributed by atoms with Gasteiger partial charge in [-0.15, -0.1) is 0 Å². The molecule has 1 amide bonds. The summed E-state index contributed by atoms with van der Waals surface area (Å²) in [6.07, 6.45) is -0.375. The number of amides is 1. The van der Waals surface area contributed by atoms with E-state index in [0.29, 0.717) is 24.4 Å². The number of rotatable bonds is 4. The molecule has 0 spiro atoms. The summed E-state index contributed by atoms with van der Waals surface area (Å²) in [6, 6.07) is 2.16. The van der Waals surface area contributed by atoms with Gasteiger partial charge in [-0.05, 0) is 31.9 Å². The van der Waals surface area contributed by atoms with Crippen LogP contribution < -0.4 is 4.74 Å². The molecule has 1 aliphatic rings. The fourth-order valence-corrected chi connectivity index (χ4v) is 2.98. The molecule has 1 unspecified atom stereocenters. The number of hydrogen-bond acceptors (Lipinski definition) is 5. The smallest absolute Gasteiger partial charge is 0.421 e. The van der Waals surface area contributed by atoms with E-state index in [-0.39, 0.29) is 18.4 Å². The van der Waals surface area contributed by atoms with Crippen LogP contribution in [0.2, 0.25) is 0 Å². The quantitative estimate of drug-likeness (QED) is 0.827. The fraction of sp³-hybridized carbons (Fsp3) is 0.471. The molecular weight excluding hydrogens is 351 g/mol. The molecule has 26 heavy (non-hydrogen) atoms. The van der Waals surface area contributed by atoms with Gasteiger partial charge in [-0.3, -0.25) is 4.79 Å². The fourth-order valence-electron chi connectivity index (χ4n) is 2.98. The van der Waals surface area contributed by atoms with Crippen molar-refractivity contribution in [3.8, 4) is 5.88 Å². The Hall–Kier alpha value is -2.58. The number of aryl methyl sites for hydroxylation is 1. The molecule has 1 aliphatic heterocycles. The minimum absolute atomic E-state index is 0.0620. The van der Waals surface area contributed by atoms with Crippen molar-refractivity contribution in [2.45, 2.75) is 25.9 Å². The van der Waals surface area contributed by atoms with Gasteiger partial charge >= 0.3 is 6.18 Å². The van der Waals surface area contributed by atoms with Crippen LogP contribution in [-0.4, -0.2) is 40.6 Å². The van der Waals surface area contributed by atoms with Crippen LogP contribution in [-0.2, 0) is 6.18 Å². The molecule has 0 radical (unpaired) electrons. The molecule has 3 rings (SSSR count). The van der Waals surface area contributed by atoms with Crippen LogP contribution in [0.4, 0.5) is 13.2 Å². The lowest BCUT2D eigenvalue weighted by molar-refractivity contribution is -0.139. The zero-order valence-corrected chi connectivity index (χ0v) is 14.1. The van der Waals surface area contributed by atoms with Crippen LogP contribution in [0.5, 0.6) is 5.88 Å². The van der Waals surface area contributed by atoms with Crippen LogP contribution in [0, 0.1) is 12.8 Å². The van der Waals surface area contributed by atoms with E-state index in [4.69, 9.17) is 9.26 Å². The maximum Gasteiger partial charge on any atom is 0.421 e. The van der Waals surface area contributed by atoms with E-state index in [1.807, 2.05) is 0 Å². The maximum atomic E-state index is 13.0. The van der Waals surface area contributed by atoms with Crippen molar-refractivity contribution in [2.24, 2.45) is 5.92 Å². The maximum absolute atomic E-state index is 13.0. The van der Waals surface area contributed by atoms with Crippen LogP contribution in [0.1, 0.15) is 34.5 Å². The normalized spacial score (nSPS) is 18.0. The number of pyridine rings is 1. The molecule has 6 nitrogen and oxygen atoms in total. The Morgan fingerprint density at radius 1 is 1.46 bits per heavy atom. The SMILES string of the molecule is Cc1oncc1C(=O)N1CCCC(COc2ncccc2C(F)(F)F)C1. The number of hydrogen-bond donors (Lipinski definition) is 0. The summed E-state index contributed by atoms with van der Waals surface area (Å²) < 4.78 is 49.2. The number of carbonyl (C=O) groups is 1. The molecule has 0 saturated carbocycles. The molecule has 1 saturated heterocycles. The van der Waals surface area contributed by atoms with Crippen LogP contribution in [0.25, 0.3) is 0 Å². The van der Waals surface area contributed by atoms with E-state index < -0.39 is 17.6 Å². The van der Waals surface area contributed by atoms with Gasteiger partial charge in [0.25, 0.3) is 5.91 Å². The Balaban J connectivity index is 1.63. The molecule has 2 aromatic heterocycles. The number of aromatic nitrogens is 2. The second-order valence-corrected chi connectivity index (χ2v) is 6.22. The van der Waals surface area contributed by atoms with Crippen LogP contribution >= 0.6 is 0 Å². The highest BCUT2D eigenvalue weighted by molar-refractivity contribution is 5.94. The van der Waals surface area contributed by atoms with Crippen molar-refractivity contribution >= 4 is 5.91 Å². The van der Waals surface area contributed by atoms with Crippen molar-refractivity contribution in [1.29, 1.82) is 0 Å². The lowest BCUT2D eigenvalue weighted by Gasteiger charge is -2.32. The van der Waals surface area contributed by atoms with Gasteiger partial charge in [0.1, 0.15) is 16.9 Å². The number of nitrogens with zero attached hydrogens (tertiary/aromatic N) is 3. The molecule has 3 heterocycles. The highest BCUT2D eigenvalue weighted by Crippen LogP contribution is 2.35. The first-order chi connectivity index (χ1) is 12.4. The van der Waals surface area contributed by atoms with E-state index in [9.17, 15) is 18.0 Å². The lowest BCUT2D eigenvalue weighted by Crippen LogP contribution is -2.41. The summed E-state index contributed by atoms with van der Waals surface area (Å²) in [4.78, 5) is 17.9. The molecule has 0 aromatic carbocycles. The van der Waals surface area contributed by atoms with E-state index in [1.165, 1.54) is 18.5 Å². The molecule has 0 aliphatic carbocycles. The second kappa shape index (κ2) is 7.35. The third-order valence-corrected chi connectivity index (χ3v) is 4.32. The monoisotopic (exact) mass is 369 g/mol. The molecule has 1 fully saturated rings. The van der Waals surface area contributed by atoms with Crippen molar-refractivity contribution in [3.63, 3.8) is 0 Å². The third-order valence-electron chi connectivity index (χ3n) is 4.32. The van der Waals surface area contributed by atoms with Crippen molar-refractivity contribution in [3.05, 3.63) is 41.4 Å². The van der Waals surface area contributed by atoms with Gasteiger partial charge in [-0.25, -0.2) is 4.98 Å². The minimum Gasteiger partial charge on any atom is -0.477 e. The second-order valence-electron chi connectivity index (χ2n) is 6.22. The highest BCUT2D eigenvalue weighted by Gasteiger charge is 2.35. The number of carbonyl (C=O) groups excluding carboxylic acids is 1. The van der Waals surface area contributed by atoms with Gasteiger partial charge in [0.05, 0.1) is 12.8 Å². The predicted octanol–water partition coefficient (Wildman–Crippen LogP) is 3.33. The zero-order chi connectivity index (χ0) is 18.7. The molecule has 9 heteroatoms. The number of ether oxygens (including phenoxy) is 1. The highest BCUT2D eigenvalue weighted by atomic mass is 19.4. The van der Waals surface area contributed by atoms with Gasteiger partial charge in [0, 0.05) is 25.2 Å². The average Bonchev–Trinajstić information content (AvgIpc) is 3.05. The number of piperidine rings is 1. The van der Waals surface area contributed by atoms with Gasteiger partial charge in [0.15, 0.2) is 0 Å². The topological polar surface area (TPSA) is 68.5 Å². The average molecular weight is 369 g/mol. The van der Waals surface area contributed by atoms with E-state index >= 15 is 0 Å². The standard InChI is InChI=1S/C17H18F3N3O3/c1-11-13(8-22-26-11)16(24)23-7-3-4-12(9-23)10-25-15-14(17(18,19)20)5-2-6-21-15/h2,5-6,8,12H,3-4,7,9-10H2,1H3. The Kier molecular flexibility index (Phi) is 5.15. The third kappa shape index (κ3) is 3.97. The number of likely N-dealkylation sites (tertiary alicyclic amines) is 1. The van der Waals surface area contributed by atoms with Crippen LogP contribution in [0.15, 0.2) is 29.0 Å².